The quantitative estimate of drug-likeness (QED) is 0.0211. The first-order valence-electron chi connectivity index (χ1n) is 23.2. The fraction of sp³-hybridized carbons (Fsp3) is 0.822. The zero-order valence-electron chi connectivity index (χ0n) is 37.9. The fourth-order valence-corrected chi connectivity index (χ4v) is 9.10. The van der Waals surface area contributed by atoms with Gasteiger partial charge in [-0.2, -0.15) is 0 Å². The molecular formula is C45H81N2NaO9PS2. The number of nitrogens with zero attached hydrogens (tertiary/aromatic N) is 1. The molecule has 0 bridgehead atoms. The van der Waals surface area contributed by atoms with E-state index >= 15 is 0 Å². The van der Waals surface area contributed by atoms with E-state index in [9.17, 15) is 23.8 Å². The molecule has 1 heterocycles. The number of nitrogens with one attached hydrogen (secondary N) is 1. The van der Waals surface area contributed by atoms with Gasteiger partial charge in [-0.1, -0.05) is 185 Å². The van der Waals surface area contributed by atoms with E-state index in [0.29, 0.717) is 12.2 Å². The predicted octanol–water partition coefficient (Wildman–Crippen LogP) is 12.5. The zero-order chi connectivity index (χ0) is 42.9. The van der Waals surface area contributed by atoms with Gasteiger partial charge in [-0.25, -0.2) is 9.55 Å². The summed E-state index contributed by atoms with van der Waals surface area (Å²) < 4.78 is 33.8. The molecule has 0 saturated heterocycles. The molecule has 2 N–H and O–H groups in total. The second kappa shape index (κ2) is 43.6. The van der Waals surface area contributed by atoms with Crippen LogP contribution in [0.4, 0.5) is 0 Å². The summed E-state index contributed by atoms with van der Waals surface area (Å²) in [6.07, 6.45) is 32.6. The molecule has 1 amide bonds. The summed E-state index contributed by atoms with van der Waals surface area (Å²) in [7, 11) is -1.55. The van der Waals surface area contributed by atoms with Crippen LogP contribution < -0.4 is 5.32 Å². The Morgan fingerprint density at radius 3 is 1.63 bits per heavy atom. The average molecular weight is 912 g/mol. The number of rotatable bonds is 43. The molecule has 0 spiro atoms. The van der Waals surface area contributed by atoms with Gasteiger partial charge < -0.3 is 19.7 Å². The molecule has 15 heteroatoms. The summed E-state index contributed by atoms with van der Waals surface area (Å²) in [5.74, 6) is -0.521. The molecule has 1 radical (unpaired) electrons. The number of hydrogen-bond donors (Lipinski definition) is 2. The molecule has 343 valence electrons. The van der Waals surface area contributed by atoms with Crippen LogP contribution in [-0.4, -0.2) is 95.5 Å². The number of amides is 1. The van der Waals surface area contributed by atoms with Gasteiger partial charge in [0, 0.05) is 67.3 Å². The summed E-state index contributed by atoms with van der Waals surface area (Å²) in [5, 5.41) is 3.52. The monoisotopic (exact) mass is 912 g/mol. The summed E-state index contributed by atoms with van der Waals surface area (Å²) in [6, 6.07) is 5.64. The van der Waals surface area contributed by atoms with Crippen LogP contribution in [0.25, 0.3) is 0 Å². The van der Waals surface area contributed by atoms with E-state index in [0.717, 1.165) is 43.6 Å². The van der Waals surface area contributed by atoms with Crippen molar-refractivity contribution in [2.45, 2.75) is 211 Å². The molecule has 11 nitrogen and oxygen atoms in total. The molecule has 1 aromatic rings. The summed E-state index contributed by atoms with van der Waals surface area (Å²) >= 11 is 0. The van der Waals surface area contributed by atoms with Crippen LogP contribution >= 0.6 is 29.4 Å². The number of unbranched alkanes of at least 4 members (excludes halogenated alkanes) is 24. The van der Waals surface area contributed by atoms with E-state index in [1.165, 1.54) is 144 Å². The molecule has 0 aliphatic carbocycles. The van der Waals surface area contributed by atoms with Gasteiger partial charge in [-0.05, 0) is 35.8 Å². The standard InChI is InChI=1S/C45H81N2O9PS2.Na/c1-3-5-7-9-11-13-15-17-19-21-23-25-27-32-44(49)53-39-41(56-45(50)33-28-26-24-22-20-18-16-14-12-10-8-6-4-2)40-55-57(51,52)54-37-36-46-42(48)34-38-58-59-43-31-29-30-35-47-43;/h29-31,35,41H,3-28,32-34,36-40H2,1-2H3,(H,46,48)(H,51,52);/t41-;/m1./s1. The van der Waals surface area contributed by atoms with Crippen LogP contribution in [0.3, 0.4) is 0 Å². The van der Waals surface area contributed by atoms with Crippen molar-refractivity contribution in [2.75, 3.05) is 32.1 Å². The Kier molecular flexibility index (Phi) is 43.2. The van der Waals surface area contributed by atoms with Crippen molar-refractivity contribution < 1.29 is 42.4 Å². The van der Waals surface area contributed by atoms with E-state index in [-0.39, 0.29) is 74.5 Å². The van der Waals surface area contributed by atoms with Gasteiger partial charge in [-0.3, -0.25) is 23.4 Å². The van der Waals surface area contributed by atoms with Crippen LogP contribution in [0.5, 0.6) is 0 Å². The Balaban J connectivity index is 0.0000348. The van der Waals surface area contributed by atoms with Gasteiger partial charge in [0.2, 0.25) is 5.91 Å². The summed E-state index contributed by atoms with van der Waals surface area (Å²) in [4.78, 5) is 52.0. The van der Waals surface area contributed by atoms with Crippen LogP contribution in [0, 0.1) is 0 Å². The van der Waals surface area contributed by atoms with Crippen molar-refractivity contribution in [1.29, 1.82) is 0 Å². The minimum Gasteiger partial charge on any atom is -0.462 e. The maximum Gasteiger partial charge on any atom is 0.472 e. The van der Waals surface area contributed by atoms with Gasteiger partial charge in [0.15, 0.2) is 6.10 Å². The fourth-order valence-electron chi connectivity index (χ4n) is 6.48. The maximum absolute atomic E-state index is 12.7. The van der Waals surface area contributed by atoms with E-state index in [1.54, 1.807) is 6.20 Å². The minimum atomic E-state index is -4.55. The molecule has 0 aliphatic rings. The number of pyridine rings is 1. The number of esters is 2. The van der Waals surface area contributed by atoms with Crippen molar-refractivity contribution in [3.05, 3.63) is 24.4 Å². The first-order chi connectivity index (χ1) is 28.8. The number of hydrogen-bond acceptors (Lipinski definition) is 11. The van der Waals surface area contributed by atoms with Crippen molar-refractivity contribution in [1.82, 2.24) is 10.3 Å². The third kappa shape index (κ3) is 40.2. The van der Waals surface area contributed by atoms with E-state index in [4.69, 9.17) is 18.5 Å². The topological polar surface area (TPSA) is 150 Å². The van der Waals surface area contributed by atoms with Gasteiger partial charge in [0.1, 0.15) is 11.6 Å². The molecule has 0 aromatic carbocycles. The Labute approximate surface area is 394 Å². The number of phosphoric acid groups is 1. The van der Waals surface area contributed by atoms with Gasteiger partial charge >= 0.3 is 19.8 Å². The molecule has 1 aromatic heterocycles. The maximum atomic E-state index is 12.7. The second-order valence-electron chi connectivity index (χ2n) is 15.6. The number of carbonyl (C=O) groups excluding carboxylic acids is 3. The number of phosphoric ester groups is 1. The van der Waals surface area contributed by atoms with Crippen LogP contribution in [0.1, 0.15) is 200 Å². The second-order valence-corrected chi connectivity index (χ2v) is 19.4. The van der Waals surface area contributed by atoms with Crippen LogP contribution in [0.15, 0.2) is 29.4 Å². The Morgan fingerprint density at radius 1 is 0.667 bits per heavy atom. The SMILES string of the molecule is CCCCCCCCCCCCCCCC(=O)OC[C@H](COP(=O)(O)OCCNC(=O)CCSSc1ccccn1)OC(=O)CCCCCCCCCCCCCCC.[Na]. The molecule has 1 rings (SSSR count). The van der Waals surface area contributed by atoms with Gasteiger partial charge in [0.05, 0.1) is 13.2 Å². The van der Waals surface area contributed by atoms with E-state index < -0.39 is 32.5 Å². The van der Waals surface area contributed by atoms with Gasteiger partial charge in [-0.15, -0.1) is 0 Å². The number of aromatic nitrogens is 1. The van der Waals surface area contributed by atoms with E-state index in [1.807, 2.05) is 18.2 Å². The number of carbonyl (C=O) groups is 3. The molecule has 1 unspecified atom stereocenters. The Hall–Kier alpha value is -0.630. The van der Waals surface area contributed by atoms with E-state index in [2.05, 4.69) is 24.1 Å². The van der Waals surface area contributed by atoms with Crippen molar-refractivity contribution in [2.24, 2.45) is 0 Å². The Morgan fingerprint density at radius 2 is 1.15 bits per heavy atom. The molecule has 0 saturated carbocycles. The largest absolute Gasteiger partial charge is 0.472 e. The molecule has 0 fully saturated rings. The minimum absolute atomic E-state index is 0. The summed E-state index contributed by atoms with van der Waals surface area (Å²) in [6.45, 7) is 3.48. The first-order valence-corrected chi connectivity index (χ1v) is 27.0. The van der Waals surface area contributed by atoms with Crippen LogP contribution in [0.2, 0.25) is 0 Å². The Bertz CT molecular complexity index is 1210. The molecule has 60 heavy (non-hydrogen) atoms. The first kappa shape index (κ1) is 59.4. The van der Waals surface area contributed by atoms with Crippen LogP contribution in [-0.2, 0) is 37.5 Å². The summed E-state index contributed by atoms with van der Waals surface area (Å²) in [5.41, 5.74) is 0. The molecule has 2 atom stereocenters. The number of ether oxygens (including phenoxy) is 2. The van der Waals surface area contributed by atoms with Gasteiger partial charge in [0.25, 0.3) is 0 Å². The smallest absolute Gasteiger partial charge is 0.462 e. The zero-order valence-corrected chi connectivity index (χ0v) is 42.4. The third-order valence-corrected chi connectivity index (χ3v) is 13.2. The average Bonchev–Trinajstić information content (AvgIpc) is 3.23. The van der Waals surface area contributed by atoms with Crippen molar-refractivity contribution in [3.8, 4) is 0 Å². The predicted molar refractivity (Wildman–Crippen MR) is 249 cm³/mol. The molecule has 0 aliphatic heterocycles. The molecular weight excluding hydrogens is 831 g/mol. The third-order valence-electron chi connectivity index (χ3n) is 9.99. The van der Waals surface area contributed by atoms with Crippen molar-refractivity contribution in [3.63, 3.8) is 0 Å². The van der Waals surface area contributed by atoms with Crippen molar-refractivity contribution >= 4 is 76.8 Å². The normalized spacial score (nSPS) is 12.7.